The number of nitrogens with one attached hydrogen (secondary N) is 1. The van der Waals surface area contributed by atoms with Gasteiger partial charge in [0.2, 0.25) is 5.91 Å². The average Bonchev–Trinajstić information content (AvgIpc) is 2.73. The van der Waals surface area contributed by atoms with Crippen molar-refractivity contribution in [1.82, 2.24) is 5.32 Å². The van der Waals surface area contributed by atoms with Crippen LogP contribution in [0.5, 0.6) is 5.75 Å². The minimum absolute atomic E-state index is 0.0661. The van der Waals surface area contributed by atoms with E-state index < -0.39 is 11.9 Å². The van der Waals surface area contributed by atoms with Gasteiger partial charge in [-0.1, -0.05) is 12.1 Å². The smallest absolute Gasteiger partial charge is 0.343 e. The molecule has 164 valence electrons. The van der Waals surface area contributed by atoms with Crippen LogP contribution in [-0.2, 0) is 16.0 Å². The van der Waals surface area contributed by atoms with Crippen molar-refractivity contribution in [2.75, 3.05) is 6.54 Å². The van der Waals surface area contributed by atoms with Crippen molar-refractivity contribution in [2.45, 2.75) is 32.1 Å². The van der Waals surface area contributed by atoms with Crippen LogP contribution < -0.4 is 21.5 Å². The Balaban J connectivity index is 1.76. The van der Waals surface area contributed by atoms with E-state index in [0.29, 0.717) is 49.2 Å². The molecule has 0 fully saturated rings. The Labute approximate surface area is 180 Å². The number of rotatable bonds is 11. The molecule has 0 spiro atoms. The number of carboxylic acid groups (broad SMARTS) is 1. The molecule has 0 aliphatic heterocycles. The summed E-state index contributed by atoms with van der Waals surface area (Å²) in [7, 11) is 0. The fourth-order valence-corrected chi connectivity index (χ4v) is 2.69. The summed E-state index contributed by atoms with van der Waals surface area (Å²) in [5, 5.41) is 11.3. The Hall–Kier alpha value is -3.88. The molecule has 0 radical (unpaired) electrons. The van der Waals surface area contributed by atoms with Crippen molar-refractivity contribution < 1.29 is 24.2 Å². The number of aliphatic imine (C=N–C) groups is 1. The Bertz CT molecular complexity index is 920. The number of aliphatic carboxylic acids is 1. The second-order valence-corrected chi connectivity index (χ2v) is 6.82. The largest absolute Gasteiger partial charge is 0.481 e. The normalized spacial score (nSPS) is 10.2. The second kappa shape index (κ2) is 12.0. The third kappa shape index (κ3) is 8.99. The predicted molar refractivity (Wildman–Crippen MR) is 116 cm³/mol. The van der Waals surface area contributed by atoms with Crippen LogP contribution in [0.4, 0.5) is 5.69 Å². The lowest BCUT2D eigenvalue weighted by Crippen LogP contribution is -2.24. The molecule has 31 heavy (non-hydrogen) atoms. The number of carbonyl (C=O) groups is 3. The summed E-state index contributed by atoms with van der Waals surface area (Å²) >= 11 is 0. The zero-order valence-corrected chi connectivity index (χ0v) is 17.0. The maximum atomic E-state index is 12.2. The summed E-state index contributed by atoms with van der Waals surface area (Å²) in [6.45, 7) is 0.466. The fourth-order valence-electron chi connectivity index (χ4n) is 2.69. The fraction of sp³-hybridized carbons (Fsp3) is 0.273. The number of aryl methyl sites for hydroxylation is 1. The number of nitrogens with two attached hydrogens (primary N) is 2. The first-order valence-electron chi connectivity index (χ1n) is 9.83. The number of esters is 1. The van der Waals surface area contributed by atoms with Crippen molar-refractivity contribution in [3.05, 3.63) is 59.7 Å². The molecule has 6 N–H and O–H groups in total. The summed E-state index contributed by atoms with van der Waals surface area (Å²) in [5.74, 6) is -1.10. The van der Waals surface area contributed by atoms with Crippen LogP contribution in [0.15, 0.2) is 53.5 Å². The quantitative estimate of drug-likeness (QED) is 0.141. The average molecular weight is 426 g/mol. The van der Waals surface area contributed by atoms with E-state index in [1.54, 1.807) is 48.5 Å². The molecule has 0 heterocycles. The monoisotopic (exact) mass is 426 g/mol. The van der Waals surface area contributed by atoms with E-state index >= 15 is 0 Å². The number of unbranched alkanes of at least 4 members (excludes halogenated alkanes) is 1. The van der Waals surface area contributed by atoms with Gasteiger partial charge in [0.1, 0.15) is 5.75 Å². The number of ether oxygens (including phenoxy) is 1. The standard InChI is InChI=1S/C22H26N4O5/c23-22(24)26-17-9-7-16(8-10-17)21(30)31-18-11-4-15(5-12-18)6-13-19(27)25-14-2-1-3-20(28)29/h4-5,7-12H,1-3,6,13-14H2,(H,25,27)(H,28,29)(H4,23,24,26). The number of hydrogen-bond acceptors (Lipinski definition) is 5. The molecule has 0 unspecified atom stereocenters. The van der Waals surface area contributed by atoms with Crippen LogP contribution >= 0.6 is 0 Å². The van der Waals surface area contributed by atoms with Gasteiger partial charge in [-0.2, -0.15) is 0 Å². The maximum absolute atomic E-state index is 12.2. The minimum Gasteiger partial charge on any atom is -0.481 e. The summed E-state index contributed by atoms with van der Waals surface area (Å²) in [4.78, 5) is 38.4. The predicted octanol–water partition coefficient (Wildman–Crippen LogP) is 2.11. The van der Waals surface area contributed by atoms with Crippen molar-refractivity contribution in [3.8, 4) is 5.75 Å². The van der Waals surface area contributed by atoms with Crippen molar-refractivity contribution >= 4 is 29.5 Å². The number of nitrogens with zero attached hydrogens (tertiary/aromatic N) is 1. The van der Waals surface area contributed by atoms with E-state index in [4.69, 9.17) is 21.3 Å². The molecule has 2 aromatic carbocycles. The molecule has 9 heteroatoms. The first-order valence-corrected chi connectivity index (χ1v) is 9.83. The summed E-state index contributed by atoms with van der Waals surface area (Å²) < 4.78 is 5.35. The highest BCUT2D eigenvalue weighted by Gasteiger charge is 2.09. The molecule has 1 amide bonds. The van der Waals surface area contributed by atoms with Crippen LogP contribution in [0.1, 0.15) is 41.6 Å². The van der Waals surface area contributed by atoms with Gasteiger partial charge < -0.3 is 26.6 Å². The zero-order chi connectivity index (χ0) is 22.6. The van der Waals surface area contributed by atoms with Gasteiger partial charge in [0.15, 0.2) is 5.96 Å². The van der Waals surface area contributed by atoms with Gasteiger partial charge in [0.05, 0.1) is 11.3 Å². The molecule has 0 saturated heterocycles. The SMILES string of the molecule is NC(N)=Nc1ccc(C(=O)Oc2ccc(CCC(=O)NCCCCC(=O)O)cc2)cc1. The van der Waals surface area contributed by atoms with Crippen LogP contribution in [0.25, 0.3) is 0 Å². The molecule has 9 nitrogen and oxygen atoms in total. The summed E-state index contributed by atoms with van der Waals surface area (Å²) in [6.07, 6.45) is 2.14. The first kappa shape index (κ1) is 23.4. The molecule has 0 aliphatic rings. The van der Waals surface area contributed by atoms with E-state index in [1.165, 1.54) is 0 Å². The van der Waals surface area contributed by atoms with Crippen molar-refractivity contribution in [1.29, 1.82) is 0 Å². The molecule has 0 saturated carbocycles. The summed E-state index contributed by atoms with van der Waals surface area (Å²) in [5.41, 5.74) is 12.4. The molecular weight excluding hydrogens is 400 g/mol. The van der Waals surface area contributed by atoms with Crippen molar-refractivity contribution in [3.63, 3.8) is 0 Å². The molecule has 0 bridgehead atoms. The number of guanidine groups is 1. The van der Waals surface area contributed by atoms with Gasteiger partial charge >= 0.3 is 11.9 Å². The van der Waals surface area contributed by atoms with Crippen molar-refractivity contribution in [2.24, 2.45) is 16.5 Å². The number of benzene rings is 2. The number of amides is 1. The molecular formula is C22H26N4O5. The van der Waals surface area contributed by atoms with E-state index in [2.05, 4.69) is 10.3 Å². The topological polar surface area (TPSA) is 157 Å². The third-order valence-electron chi connectivity index (χ3n) is 4.28. The molecule has 2 aromatic rings. The Morgan fingerprint density at radius 1 is 0.935 bits per heavy atom. The van der Waals surface area contributed by atoms with Gasteiger partial charge in [-0.05, 0) is 61.2 Å². The second-order valence-electron chi connectivity index (χ2n) is 6.82. The molecule has 2 rings (SSSR count). The van der Waals surface area contributed by atoms with Crippen LogP contribution in [0.2, 0.25) is 0 Å². The molecule has 0 atom stereocenters. The number of carbonyl (C=O) groups excluding carboxylic acids is 2. The lowest BCUT2D eigenvalue weighted by Gasteiger charge is -2.07. The molecule has 0 aromatic heterocycles. The highest BCUT2D eigenvalue weighted by molar-refractivity contribution is 5.91. The third-order valence-corrected chi connectivity index (χ3v) is 4.28. The first-order chi connectivity index (χ1) is 14.8. The van der Waals surface area contributed by atoms with E-state index in [-0.39, 0.29) is 18.3 Å². The highest BCUT2D eigenvalue weighted by atomic mass is 16.5. The number of hydrogen-bond donors (Lipinski definition) is 4. The Morgan fingerprint density at radius 2 is 1.61 bits per heavy atom. The molecule has 0 aliphatic carbocycles. The zero-order valence-electron chi connectivity index (χ0n) is 17.0. The van der Waals surface area contributed by atoms with Gasteiger partial charge in [-0.15, -0.1) is 0 Å². The summed E-state index contributed by atoms with van der Waals surface area (Å²) in [6, 6.07) is 13.3. The van der Waals surface area contributed by atoms with Crippen LogP contribution in [-0.4, -0.2) is 35.5 Å². The van der Waals surface area contributed by atoms with Crippen LogP contribution in [0.3, 0.4) is 0 Å². The highest BCUT2D eigenvalue weighted by Crippen LogP contribution is 2.17. The lowest BCUT2D eigenvalue weighted by molar-refractivity contribution is -0.137. The number of carboxylic acids is 1. The van der Waals surface area contributed by atoms with Gasteiger partial charge in [-0.3, -0.25) is 9.59 Å². The Morgan fingerprint density at radius 3 is 2.23 bits per heavy atom. The van der Waals surface area contributed by atoms with Crippen LogP contribution in [0, 0.1) is 0 Å². The Kier molecular flexibility index (Phi) is 9.03. The van der Waals surface area contributed by atoms with E-state index in [9.17, 15) is 14.4 Å². The van der Waals surface area contributed by atoms with Gasteiger partial charge in [0.25, 0.3) is 0 Å². The van der Waals surface area contributed by atoms with Gasteiger partial charge in [-0.25, -0.2) is 9.79 Å². The van der Waals surface area contributed by atoms with E-state index in [1.807, 2.05) is 0 Å². The van der Waals surface area contributed by atoms with Gasteiger partial charge in [0, 0.05) is 19.4 Å². The lowest BCUT2D eigenvalue weighted by atomic mass is 10.1. The minimum atomic E-state index is -0.832. The van der Waals surface area contributed by atoms with E-state index in [0.717, 1.165) is 5.56 Å². The maximum Gasteiger partial charge on any atom is 0.343 e.